The summed E-state index contributed by atoms with van der Waals surface area (Å²) in [6.45, 7) is 5.05. The number of guanidine groups is 1. The van der Waals surface area contributed by atoms with Crippen molar-refractivity contribution in [3.63, 3.8) is 0 Å². The van der Waals surface area contributed by atoms with Crippen molar-refractivity contribution in [2.75, 3.05) is 27.7 Å². The van der Waals surface area contributed by atoms with Crippen molar-refractivity contribution in [2.24, 2.45) is 10.4 Å². The van der Waals surface area contributed by atoms with Gasteiger partial charge in [0.15, 0.2) is 5.96 Å². The fraction of sp³-hybridized carbons (Fsp3) is 0.571. The molecule has 0 saturated carbocycles. The number of rotatable bonds is 5. The zero-order valence-corrected chi connectivity index (χ0v) is 15.7. The molecule has 0 atom stereocenters. The van der Waals surface area contributed by atoms with Crippen LogP contribution in [0.2, 0.25) is 0 Å². The van der Waals surface area contributed by atoms with Gasteiger partial charge in [0.25, 0.3) is 0 Å². The molecule has 3 N–H and O–H groups in total. The van der Waals surface area contributed by atoms with Crippen LogP contribution in [0, 0.1) is 5.41 Å². The molecule has 0 radical (unpaired) electrons. The van der Waals surface area contributed by atoms with Crippen LogP contribution in [0.1, 0.15) is 19.5 Å². The first-order valence-electron chi connectivity index (χ1n) is 6.67. The molecule has 0 aromatic carbocycles. The maximum Gasteiger partial charge on any atom is 0.227 e. The number of carbonyl (C=O) groups is 1. The van der Waals surface area contributed by atoms with Crippen LogP contribution in [0.4, 0.5) is 0 Å². The minimum Gasteiger partial charge on any atom is -0.364 e. The number of nitrogens with one attached hydrogen (secondary N) is 3. The van der Waals surface area contributed by atoms with E-state index in [1.807, 2.05) is 44.1 Å². The van der Waals surface area contributed by atoms with Gasteiger partial charge in [0.1, 0.15) is 0 Å². The van der Waals surface area contributed by atoms with Crippen molar-refractivity contribution < 1.29 is 4.79 Å². The topological polar surface area (TPSA) is 72.5 Å². The Hall–Kier alpha value is -1.25. The average Bonchev–Trinajstić information content (AvgIpc) is 2.91. The fourth-order valence-corrected chi connectivity index (χ4v) is 1.90. The molecule has 0 fully saturated rings. The summed E-state index contributed by atoms with van der Waals surface area (Å²) in [7, 11) is 5.35. The summed E-state index contributed by atoms with van der Waals surface area (Å²) in [5.41, 5.74) is 0.624. The van der Waals surface area contributed by atoms with Crippen molar-refractivity contribution in [3.05, 3.63) is 24.0 Å². The number of aromatic nitrogens is 1. The number of aliphatic imine (C=N–C) groups is 1. The van der Waals surface area contributed by atoms with Crippen molar-refractivity contribution in [1.29, 1.82) is 0 Å². The Labute approximate surface area is 143 Å². The first-order chi connectivity index (χ1) is 9.40. The van der Waals surface area contributed by atoms with Crippen LogP contribution in [0.15, 0.2) is 23.3 Å². The second-order valence-electron chi connectivity index (χ2n) is 5.42. The van der Waals surface area contributed by atoms with E-state index in [0.29, 0.717) is 6.54 Å². The first kappa shape index (κ1) is 19.8. The minimum absolute atomic E-state index is 0. The van der Waals surface area contributed by atoms with Crippen molar-refractivity contribution in [1.82, 2.24) is 20.5 Å². The van der Waals surface area contributed by atoms with Crippen LogP contribution in [0.5, 0.6) is 0 Å². The van der Waals surface area contributed by atoms with E-state index in [1.165, 1.54) is 0 Å². The molecule has 1 aromatic heterocycles. The second kappa shape index (κ2) is 8.91. The number of H-pyrrole nitrogens is 1. The third-order valence-corrected chi connectivity index (χ3v) is 3.17. The van der Waals surface area contributed by atoms with Crippen LogP contribution in [-0.4, -0.2) is 49.4 Å². The van der Waals surface area contributed by atoms with E-state index in [1.54, 1.807) is 14.1 Å². The lowest BCUT2D eigenvalue weighted by Crippen LogP contribution is -2.47. The third kappa shape index (κ3) is 5.94. The second-order valence-corrected chi connectivity index (χ2v) is 5.42. The lowest BCUT2D eigenvalue weighted by Gasteiger charge is -2.27. The molecule has 1 heterocycles. The zero-order chi connectivity index (χ0) is 15.2. The number of nitrogens with zero attached hydrogens (tertiary/aromatic N) is 2. The molecule has 0 aliphatic carbocycles. The van der Waals surface area contributed by atoms with E-state index < -0.39 is 5.41 Å². The number of amides is 1. The molecule has 120 valence electrons. The maximum absolute atomic E-state index is 11.8. The molecule has 7 heteroatoms. The maximum atomic E-state index is 11.8. The molecule has 1 aromatic rings. The Morgan fingerprint density at radius 2 is 2.14 bits per heavy atom. The molecule has 6 nitrogen and oxygen atoms in total. The van der Waals surface area contributed by atoms with Gasteiger partial charge in [-0.15, -0.1) is 24.0 Å². The van der Waals surface area contributed by atoms with E-state index >= 15 is 0 Å². The highest BCUT2D eigenvalue weighted by Crippen LogP contribution is 2.13. The van der Waals surface area contributed by atoms with Gasteiger partial charge in [-0.25, -0.2) is 0 Å². The van der Waals surface area contributed by atoms with Gasteiger partial charge in [-0.1, -0.05) is 0 Å². The predicted molar refractivity (Wildman–Crippen MR) is 96.9 cm³/mol. The van der Waals surface area contributed by atoms with Crippen molar-refractivity contribution in [2.45, 2.75) is 20.4 Å². The summed E-state index contributed by atoms with van der Waals surface area (Å²) in [6, 6.07) is 3.99. The molecule has 0 aliphatic heterocycles. The Bertz CT molecular complexity index is 456. The third-order valence-electron chi connectivity index (χ3n) is 3.17. The first-order valence-corrected chi connectivity index (χ1v) is 6.67. The number of hydrogen-bond donors (Lipinski definition) is 3. The van der Waals surface area contributed by atoms with Gasteiger partial charge < -0.3 is 20.5 Å². The fourth-order valence-electron chi connectivity index (χ4n) is 1.90. The number of carbonyl (C=O) groups excluding carboxylic acids is 1. The molecule has 0 unspecified atom stereocenters. The van der Waals surface area contributed by atoms with E-state index in [2.05, 4.69) is 20.6 Å². The van der Waals surface area contributed by atoms with Crippen molar-refractivity contribution in [3.8, 4) is 0 Å². The normalized spacial score (nSPS) is 11.6. The van der Waals surface area contributed by atoms with Gasteiger partial charge in [-0.05, 0) is 26.0 Å². The smallest absolute Gasteiger partial charge is 0.227 e. The van der Waals surface area contributed by atoms with Gasteiger partial charge >= 0.3 is 0 Å². The zero-order valence-electron chi connectivity index (χ0n) is 13.4. The molecule has 1 amide bonds. The van der Waals surface area contributed by atoms with Gasteiger partial charge in [0.05, 0.1) is 12.0 Å². The molecule has 0 bridgehead atoms. The SMILES string of the molecule is CN=C(NCC(C)(C)C(=O)NC)N(C)Cc1ccc[nH]1.I. The molecular weight excluding hydrogens is 381 g/mol. The number of aromatic amines is 1. The van der Waals surface area contributed by atoms with Gasteiger partial charge in [-0.2, -0.15) is 0 Å². The van der Waals surface area contributed by atoms with Crippen LogP contribution < -0.4 is 10.6 Å². The number of halogens is 1. The highest BCUT2D eigenvalue weighted by molar-refractivity contribution is 14.0. The van der Waals surface area contributed by atoms with E-state index in [0.717, 1.165) is 18.2 Å². The van der Waals surface area contributed by atoms with Crippen molar-refractivity contribution >= 4 is 35.8 Å². The summed E-state index contributed by atoms with van der Waals surface area (Å²) in [5, 5.41) is 5.91. The summed E-state index contributed by atoms with van der Waals surface area (Å²) in [5.74, 6) is 0.768. The average molecular weight is 407 g/mol. The van der Waals surface area contributed by atoms with Gasteiger partial charge in [0.2, 0.25) is 5.91 Å². The Morgan fingerprint density at radius 1 is 1.48 bits per heavy atom. The Morgan fingerprint density at radius 3 is 2.62 bits per heavy atom. The largest absolute Gasteiger partial charge is 0.364 e. The summed E-state index contributed by atoms with van der Waals surface area (Å²) in [4.78, 5) is 21.2. The summed E-state index contributed by atoms with van der Waals surface area (Å²) in [6.07, 6.45) is 1.90. The molecule has 21 heavy (non-hydrogen) atoms. The minimum atomic E-state index is -0.488. The van der Waals surface area contributed by atoms with Crippen LogP contribution in [-0.2, 0) is 11.3 Å². The van der Waals surface area contributed by atoms with Gasteiger partial charge in [0, 0.05) is 39.6 Å². The van der Waals surface area contributed by atoms with E-state index in [4.69, 9.17) is 0 Å². The monoisotopic (exact) mass is 407 g/mol. The number of hydrogen-bond acceptors (Lipinski definition) is 2. The standard InChI is InChI=1S/C14H25N5O.HI/c1-14(2,12(20)15-3)10-18-13(16-4)19(5)9-11-7-6-8-17-11;/h6-8,17H,9-10H2,1-5H3,(H,15,20)(H,16,18);1H. The molecular formula is C14H26IN5O. The quantitative estimate of drug-likeness (QED) is 0.393. The molecule has 1 rings (SSSR count). The summed E-state index contributed by atoms with van der Waals surface area (Å²) < 4.78 is 0. The Kier molecular flexibility index (Phi) is 8.38. The van der Waals surface area contributed by atoms with Gasteiger partial charge in [-0.3, -0.25) is 9.79 Å². The lowest BCUT2D eigenvalue weighted by molar-refractivity contribution is -0.128. The molecule has 0 spiro atoms. The molecule has 0 aliphatic rings. The summed E-state index contributed by atoms with van der Waals surface area (Å²) >= 11 is 0. The highest BCUT2D eigenvalue weighted by Gasteiger charge is 2.27. The van der Waals surface area contributed by atoms with Crippen LogP contribution in [0.3, 0.4) is 0 Å². The van der Waals surface area contributed by atoms with E-state index in [-0.39, 0.29) is 29.9 Å². The predicted octanol–water partition coefficient (Wildman–Crippen LogP) is 1.41. The van der Waals surface area contributed by atoms with Crippen LogP contribution >= 0.6 is 24.0 Å². The highest BCUT2D eigenvalue weighted by atomic mass is 127. The van der Waals surface area contributed by atoms with E-state index in [9.17, 15) is 4.79 Å². The lowest BCUT2D eigenvalue weighted by atomic mass is 9.92. The molecule has 0 saturated heterocycles. The Balaban J connectivity index is 0.00000400. The van der Waals surface area contributed by atoms with Crippen LogP contribution in [0.25, 0.3) is 0 Å².